The molecule has 1 heterocycles. The highest BCUT2D eigenvalue weighted by molar-refractivity contribution is 5.88. The van der Waals surface area contributed by atoms with Gasteiger partial charge in [0.2, 0.25) is 17.7 Å². The summed E-state index contributed by atoms with van der Waals surface area (Å²) in [5.74, 6) is -2.21. The minimum atomic E-state index is -0.921. The topological polar surface area (TPSA) is 152 Å². The molecule has 0 saturated carbocycles. The van der Waals surface area contributed by atoms with Crippen molar-refractivity contribution in [3.05, 3.63) is 7.05 Å². The molecule has 0 aromatic rings. The number of rotatable bonds is 10. The lowest BCUT2D eigenvalue weighted by Gasteiger charge is -2.32. The molecule has 12 nitrogen and oxygen atoms in total. The number of hydrogen-bond acceptors (Lipinski definition) is 8. The molecular weight excluding hydrogens is 430 g/mol. The first kappa shape index (κ1) is 28.8. The van der Waals surface area contributed by atoms with Crippen LogP contribution in [0, 0.1) is 7.05 Å². The van der Waals surface area contributed by atoms with E-state index in [0.29, 0.717) is 39.3 Å². The molecule has 188 valence electrons. The van der Waals surface area contributed by atoms with Gasteiger partial charge in [-0.2, -0.15) is 0 Å². The molecule has 1 rings (SSSR count). The summed E-state index contributed by atoms with van der Waals surface area (Å²) < 4.78 is 0. The van der Waals surface area contributed by atoms with Gasteiger partial charge in [0.1, 0.15) is 6.04 Å². The molecule has 33 heavy (non-hydrogen) atoms. The number of amides is 3. The van der Waals surface area contributed by atoms with Crippen molar-refractivity contribution in [2.75, 3.05) is 79.0 Å². The van der Waals surface area contributed by atoms with Gasteiger partial charge in [-0.05, 0) is 13.0 Å². The van der Waals surface area contributed by atoms with Gasteiger partial charge in [0, 0.05) is 72.9 Å². The molecule has 1 fully saturated rings. The lowest BCUT2D eigenvalue weighted by atomic mass is 10.1. The Morgan fingerprint density at radius 1 is 0.939 bits per heavy atom. The molecule has 0 aromatic heterocycles. The van der Waals surface area contributed by atoms with E-state index in [4.69, 9.17) is 12.8 Å². The Morgan fingerprint density at radius 2 is 1.45 bits per heavy atom. The number of nitrogens with zero attached hydrogens (tertiary/aromatic N) is 4. The SMILES string of the molecule is [CH]N1CCN(CC)CCN(CC(=O)N[C@H](CCC(N)=O)C(=O)NC)CCN(CC(=O)O)CC1. The van der Waals surface area contributed by atoms with Crippen LogP contribution in [-0.2, 0) is 19.2 Å². The fraction of sp³-hybridized carbons (Fsp3) is 0.762. The highest BCUT2D eigenvalue weighted by Gasteiger charge is 2.23. The molecule has 1 aliphatic heterocycles. The molecular formula is C21H39N7O5. The summed E-state index contributed by atoms with van der Waals surface area (Å²) in [5, 5.41) is 14.4. The van der Waals surface area contributed by atoms with Crippen molar-refractivity contribution in [2.45, 2.75) is 25.8 Å². The summed E-state index contributed by atoms with van der Waals surface area (Å²) in [7, 11) is 7.51. The number of primary amides is 1. The minimum Gasteiger partial charge on any atom is -0.480 e. The van der Waals surface area contributed by atoms with Gasteiger partial charge in [-0.1, -0.05) is 6.92 Å². The van der Waals surface area contributed by atoms with Crippen molar-refractivity contribution >= 4 is 23.7 Å². The highest BCUT2D eigenvalue weighted by Crippen LogP contribution is 2.02. The van der Waals surface area contributed by atoms with E-state index in [1.54, 1.807) is 9.80 Å². The first-order chi connectivity index (χ1) is 15.6. The lowest BCUT2D eigenvalue weighted by molar-refractivity contribution is -0.138. The second-order valence-electron chi connectivity index (χ2n) is 8.16. The zero-order valence-electron chi connectivity index (χ0n) is 19.8. The maximum Gasteiger partial charge on any atom is 0.317 e. The van der Waals surface area contributed by atoms with E-state index in [9.17, 15) is 24.3 Å². The first-order valence-corrected chi connectivity index (χ1v) is 11.3. The number of hydrogen-bond donors (Lipinski definition) is 4. The van der Waals surface area contributed by atoms with Gasteiger partial charge >= 0.3 is 5.97 Å². The first-order valence-electron chi connectivity index (χ1n) is 11.3. The van der Waals surface area contributed by atoms with Gasteiger partial charge in [0.15, 0.2) is 0 Å². The fourth-order valence-electron chi connectivity index (χ4n) is 3.55. The Bertz CT molecular complexity index is 648. The monoisotopic (exact) mass is 469 g/mol. The van der Waals surface area contributed by atoms with Crippen molar-refractivity contribution in [1.82, 2.24) is 30.2 Å². The second-order valence-corrected chi connectivity index (χ2v) is 8.16. The number of likely N-dealkylation sites (N-methyl/N-ethyl adjacent to an activating group) is 2. The Morgan fingerprint density at radius 3 is 1.97 bits per heavy atom. The number of carboxylic acids is 1. The third-order valence-corrected chi connectivity index (χ3v) is 5.62. The standard InChI is InChI=1S/C21H39N7O5/c1-4-26-9-7-25(3)8-10-28(16-20(31)32)14-13-27(12-11-26)15-19(30)24-17(21(33)23-2)5-6-18(22)29/h3,17H,4-16H2,1-2H3,(H2,22,29)(H,23,33)(H,24,30)(H,31,32)/t17-/m1/s1. The zero-order valence-corrected chi connectivity index (χ0v) is 19.8. The molecule has 12 heteroatoms. The third kappa shape index (κ3) is 12.5. The van der Waals surface area contributed by atoms with Gasteiger partial charge < -0.3 is 26.4 Å². The number of carboxylic acid groups (broad SMARTS) is 1. The highest BCUT2D eigenvalue weighted by atomic mass is 16.4. The predicted octanol–water partition coefficient (Wildman–Crippen LogP) is -2.52. The Hall–Kier alpha value is -2.28. The van der Waals surface area contributed by atoms with Crippen LogP contribution in [0.3, 0.4) is 0 Å². The van der Waals surface area contributed by atoms with E-state index in [0.717, 1.165) is 19.6 Å². The predicted molar refractivity (Wildman–Crippen MR) is 123 cm³/mol. The summed E-state index contributed by atoms with van der Waals surface area (Å²) in [5.41, 5.74) is 5.17. The van der Waals surface area contributed by atoms with E-state index in [1.165, 1.54) is 7.05 Å². The summed E-state index contributed by atoms with van der Waals surface area (Å²) in [6, 6.07) is -0.853. The van der Waals surface area contributed by atoms with E-state index in [-0.39, 0.29) is 31.8 Å². The summed E-state index contributed by atoms with van der Waals surface area (Å²) in [6.45, 7) is 7.55. The summed E-state index contributed by atoms with van der Waals surface area (Å²) >= 11 is 0. The van der Waals surface area contributed by atoms with Crippen LogP contribution >= 0.6 is 0 Å². The fourth-order valence-corrected chi connectivity index (χ4v) is 3.55. The Balaban J connectivity index is 2.83. The molecule has 1 atom stereocenters. The van der Waals surface area contributed by atoms with Crippen LogP contribution in [0.1, 0.15) is 19.8 Å². The number of nitrogens with one attached hydrogen (secondary N) is 2. The summed E-state index contributed by atoms with van der Waals surface area (Å²) in [4.78, 5) is 54.8. The molecule has 1 saturated heterocycles. The largest absolute Gasteiger partial charge is 0.480 e. The van der Waals surface area contributed by atoms with E-state index >= 15 is 0 Å². The maximum absolute atomic E-state index is 12.7. The number of carbonyl (C=O) groups is 4. The van der Waals surface area contributed by atoms with Crippen molar-refractivity contribution in [2.24, 2.45) is 5.73 Å². The molecule has 0 aliphatic carbocycles. The van der Waals surface area contributed by atoms with Crippen LogP contribution in [0.15, 0.2) is 0 Å². The molecule has 5 N–H and O–H groups in total. The third-order valence-electron chi connectivity index (χ3n) is 5.62. The van der Waals surface area contributed by atoms with Crippen LogP contribution in [0.2, 0.25) is 0 Å². The van der Waals surface area contributed by atoms with Crippen molar-refractivity contribution < 1.29 is 24.3 Å². The van der Waals surface area contributed by atoms with Crippen LogP contribution < -0.4 is 16.4 Å². The maximum atomic E-state index is 12.7. The summed E-state index contributed by atoms with van der Waals surface area (Å²) in [6.07, 6.45) is 0.0994. The van der Waals surface area contributed by atoms with Crippen LogP contribution in [-0.4, -0.2) is 133 Å². The van der Waals surface area contributed by atoms with Crippen LogP contribution in [0.25, 0.3) is 0 Å². The average molecular weight is 470 g/mol. The van der Waals surface area contributed by atoms with Gasteiger partial charge in [-0.15, -0.1) is 0 Å². The van der Waals surface area contributed by atoms with Crippen molar-refractivity contribution in [1.29, 1.82) is 0 Å². The Kier molecular flexibility index (Phi) is 13.5. The van der Waals surface area contributed by atoms with Crippen molar-refractivity contribution in [3.8, 4) is 0 Å². The molecule has 0 spiro atoms. The molecule has 0 bridgehead atoms. The molecule has 0 aromatic carbocycles. The van der Waals surface area contributed by atoms with Crippen molar-refractivity contribution in [3.63, 3.8) is 0 Å². The minimum absolute atomic E-state index is 0.0180. The van der Waals surface area contributed by atoms with Gasteiger partial charge in [-0.25, -0.2) is 0 Å². The molecule has 2 radical (unpaired) electrons. The van der Waals surface area contributed by atoms with Gasteiger partial charge in [0.05, 0.1) is 13.1 Å². The van der Waals surface area contributed by atoms with Gasteiger partial charge in [-0.3, -0.25) is 33.9 Å². The van der Waals surface area contributed by atoms with Gasteiger partial charge in [0.25, 0.3) is 0 Å². The quantitative estimate of drug-likeness (QED) is 0.272. The molecule has 3 amide bonds. The number of carbonyl (C=O) groups excluding carboxylic acids is 3. The second kappa shape index (κ2) is 15.5. The van der Waals surface area contributed by atoms with E-state index in [2.05, 4.69) is 22.5 Å². The number of aliphatic carboxylic acids is 1. The average Bonchev–Trinajstić information content (AvgIpc) is 2.76. The Labute approximate surface area is 196 Å². The van der Waals surface area contributed by atoms with Crippen LogP contribution in [0.4, 0.5) is 0 Å². The molecule has 1 aliphatic rings. The smallest absolute Gasteiger partial charge is 0.317 e. The number of nitrogens with two attached hydrogens (primary N) is 1. The molecule has 0 unspecified atom stereocenters. The van der Waals surface area contributed by atoms with Crippen LogP contribution in [0.5, 0.6) is 0 Å². The van der Waals surface area contributed by atoms with E-state index < -0.39 is 23.8 Å². The zero-order chi connectivity index (χ0) is 24.8. The lowest BCUT2D eigenvalue weighted by Crippen LogP contribution is -2.51. The normalized spacial score (nSPS) is 19.1. The van der Waals surface area contributed by atoms with E-state index in [1.807, 2.05) is 4.90 Å².